The molecule has 14 aromatic rings. The molecule has 2 atom stereocenters. The van der Waals surface area contributed by atoms with E-state index in [-0.39, 0.29) is 24.8 Å². The molecule has 0 spiro atoms. The second-order valence-electron chi connectivity index (χ2n) is 23.2. The Morgan fingerprint density at radius 1 is 0.287 bits per heavy atom. The fourth-order valence-corrected chi connectivity index (χ4v) is 13.1. The third kappa shape index (κ3) is 18.8. The van der Waals surface area contributed by atoms with E-state index >= 15 is 0 Å². The Labute approximate surface area is 598 Å². The van der Waals surface area contributed by atoms with E-state index in [1.54, 1.807) is 0 Å². The molecule has 2 aliphatic carbocycles. The summed E-state index contributed by atoms with van der Waals surface area (Å²) < 4.78 is 2.83. The molecule has 0 nitrogen and oxygen atoms in total. The Bertz CT molecular complexity index is 4330. The third-order valence-corrected chi connectivity index (χ3v) is 19.1. The van der Waals surface area contributed by atoms with Crippen LogP contribution >= 0.6 is 0 Å². The van der Waals surface area contributed by atoms with Crippen LogP contribution in [0.15, 0.2) is 352 Å². The van der Waals surface area contributed by atoms with Crippen LogP contribution in [0.3, 0.4) is 0 Å². The molecule has 0 heterocycles. The zero-order chi connectivity index (χ0) is 63.4. The van der Waals surface area contributed by atoms with Gasteiger partial charge < -0.3 is 24.8 Å². The summed E-state index contributed by atoms with van der Waals surface area (Å²) in [7, 11) is 0. The summed E-state index contributed by atoms with van der Waals surface area (Å²) in [4.78, 5) is 0. The number of allylic oxidation sites excluding steroid dienone is 8. The molecule has 0 fully saturated rings. The van der Waals surface area contributed by atoms with Crippen molar-refractivity contribution in [1.82, 2.24) is 0 Å². The van der Waals surface area contributed by atoms with E-state index in [1.165, 1.54) is 176 Å². The van der Waals surface area contributed by atoms with Crippen LogP contribution in [-0.4, -0.2) is 6.41 Å². The maximum atomic E-state index is 3.53. The first-order valence-electron chi connectivity index (χ1n) is 31.5. The molecule has 94 heavy (non-hydrogen) atoms. The van der Waals surface area contributed by atoms with Crippen molar-refractivity contribution in [2.75, 3.05) is 0 Å². The molecule has 0 radical (unpaired) electrons. The number of aryl methyl sites for hydroxylation is 4. The quantitative estimate of drug-likeness (QED) is 0.133. The summed E-state index contributed by atoms with van der Waals surface area (Å²) in [5, 5.41) is 10.9. The molecule has 2 aliphatic rings. The van der Waals surface area contributed by atoms with Gasteiger partial charge in [-0.05, 0) is 39.5 Å². The molecular formula is C90H72Cl2Zr2-2. The number of hydrogen-bond donors (Lipinski definition) is 0. The standard InChI is InChI=1S/2C17H13.2C15H13.2C13H10.2ClH.2Zr/c2*1-3-7-14(8-4-1)16-11-12-17(13-16)15-9-5-2-6-10-15;2*1-10-3-5-14-12(7-10)9-13-8-11(2)4-6-15(13)14;2*1-3-7-12(8-4-1)11-13-9-5-2-6-10-13;;;;/h2*1-12,16H;2*3-9H,1-2H3;2*1-10H;2*1H;;/q4*-1;;;;;2*+2/p-2. The Kier molecular flexibility index (Phi) is 26.0. The van der Waals surface area contributed by atoms with Gasteiger partial charge in [0.05, 0.1) is 0 Å². The molecule has 456 valence electrons. The monoisotopic (exact) mass is 1400 g/mol. The topological polar surface area (TPSA) is 0 Å². The molecule has 0 aliphatic heterocycles. The maximum absolute atomic E-state index is 3.53. The zero-order valence-corrected chi connectivity index (χ0v) is 59.8. The van der Waals surface area contributed by atoms with Crippen molar-refractivity contribution in [2.45, 2.75) is 39.5 Å². The van der Waals surface area contributed by atoms with E-state index in [2.05, 4.69) is 367 Å². The Morgan fingerprint density at radius 2 is 0.511 bits per heavy atom. The van der Waals surface area contributed by atoms with Crippen molar-refractivity contribution in [3.05, 3.63) is 431 Å². The second-order valence-corrected chi connectivity index (χ2v) is 25.7. The SMILES string of the molecule is Cc1ccc2c(c1)[cH-]c1cc(C)ccc12.Cc1ccc2c(c1)[cH-]c1cc(C)ccc12.[C-]1=C(c2ccccc2)C=CC1c1ccccc1.[C-]1=C(c2ccccc2)C=CC1c1ccccc1.[Cl-].[Cl-].[Zr+2]=[C](c1ccccc1)c1ccccc1.[Zr+2]=[C](c1ccccc1)c1ccccc1. The Morgan fingerprint density at radius 3 is 0.755 bits per heavy atom. The van der Waals surface area contributed by atoms with Gasteiger partial charge in [0.2, 0.25) is 0 Å². The average molecular weight is 1410 g/mol. The number of benzene rings is 12. The van der Waals surface area contributed by atoms with Gasteiger partial charge in [0, 0.05) is 0 Å². The van der Waals surface area contributed by atoms with Gasteiger partial charge in [-0.25, -0.2) is 0 Å². The van der Waals surface area contributed by atoms with E-state index in [1.807, 2.05) is 24.3 Å². The van der Waals surface area contributed by atoms with Gasteiger partial charge >= 0.3 is 198 Å². The summed E-state index contributed by atoms with van der Waals surface area (Å²) in [5.74, 6) is 0.595. The van der Waals surface area contributed by atoms with Gasteiger partial charge in [-0.1, -0.05) is 179 Å². The predicted octanol–water partition coefficient (Wildman–Crippen LogP) is 16.7. The third-order valence-electron chi connectivity index (χ3n) is 16.3. The zero-order valence-electron chi connectivity index (χ0n) is 53.4. The molecule has 4 heteroatoms. The van der Waals surface area contributed by atoms with E-state index < -0.39 is 0 Å². The number of fused-ring (bicyclic) bond motifs is 6. The minimum absolute atomic E-state index is 0. The molecule has 0 saturated carbocycles. The Hall–Kier alpha value is -8.57. The van der Waals surface area contributed by atoms with Crippen LogP contribution in [-0.2, 0) is 48.5 Å². The normalized spacial score (nSPS) is 13.1. The predicted molar refractivity (Wildman–Crippen MR) is 388 cm³/mol. The van der Waals surface area contributed by atoms with Crippen LogP contribution in [0.25, 0.3) is 54.2 Å². The van der Waals surface area contributed by atoms with E-state index in [0.717, 1.165) is 0 Å². The molecular weight excluding hydrogens is 1330 g/mol. The van der Waals surface area contributed by atoms with Crippen LogP contribution in [0.4, 0.5) is 0 Å². The van der Waals surface area contributed by atoms with Crippen molar-refractivity contribution >= 4 is 60.6 Å². The number of hydrogen-bond acceptors (Lipinski definition) is 0. The first-order chi connectivity index (χ1) is 45.1. The van der Waals surface area contributed by atoms with Crippen LogP contribution in [0, 0.1) is 39.8 Å². The fourth-order valence-electron chi connectivity index (χ4n) is 11.5. The molecule has 2 unspecified atom stereocenters. The van der Waals surface area contributed by atoms with Crippen molar-refractivity contribution in [2.24, 2.45) is 0 Å². The van der Waals surface area contributed by atoms with Crippen molar-refractivity contribution in [3.63, 3.8) is 0 Å². The average Bonchev–Trinajstić information content (AvgIpc) is 1.66. The summed E-state index contributed by atoms with van der Waals surface area (Å²) >= 11 is 2.92. The van der Waals surface area contributed by atoms with Crippen molar-refractivity contribution in [1.29, 1.82) is 0 Å². The minimum atomic E-state index is 0. The van der Waals surface area contributed by atoms with E-state index in [9.17, 15) is 0 Å². The molecule has 14 aromatic carbocycles. The summed E-state index contributed by atoms with van der Waals surface area (Å²) in [5.41, 5.74) is 18.1. The van der Waals surface area contributed by atoms with Gasteiger partial charge in [-0.3, -0.25) is 0 Å². The molecule has 16 rings (SSSR count). The van der Waals surface area contributed by atoms with Gasteiger partial charge in [-0.15, -0.1) is 127 Å². The number of rotatable bonds is 8. The van der Waals surface area contributed by atoms with Gasteiger partial charge in [0.25, 0.3) is 0 Å². The van der Waals surface area contributed by atoms with Gasteiger partial charge in [-0.2, -0.15) is 35.5 Å². The van der Waals surface area contributed by atoms with E-state index in [0.29, 0.717) is 11.8 Å². The first-order valence-corrected chi connectivity index (χ1v) is 33.9. The van der Waals surface area contributed by atoms with Crippen LogP contribution in [0.2, 0.25) is 0 Å². The van der Waals surface area contributed by atoms with Crippen molar-refractivity contribution in [3.8, 4) is 0 Å². The molecule has 0 saturated heterocycles. The van der Waals surface area contributed by atoms with Crippen LogP contribution < -0.4 is 24.8 Å². The summed E-state index contributed by atoms with van der Waals surface area (Å²) in [6.45, 7) is 8.56. The van der Waals surface area contributed by atoms with Gasteiger partial charge in [0.15, 0.2) is 0 Å². The van der Waals surface area contributed by atoms with Crippen molar-refractivity contribution < 1.29 is 73.3 Å². The van der Waals surface area contributed by atoms with E-state index in [4.69, 9.17) is 0 Å². The molecule has 0 N–H and O–H groups in total. The van der Waals surface area contributed by atoms with Crippen LogP contribution in [0.1, 0.15) is 78.6 Å². The Balaban J connectivity index is 0.000000132. The first kappa shape index (κ1) is 69.8. The number of halogens is 2. The van der Waals surface area contributed by atoms with Gasteiger partial charge in [0.1, 0.15) is 0 Å². The summed E-state index contributed by atoms with van der Waals surface area (Å²) in [6.07, 6.45) is 15.8. The second kappa shape index (κ2) is 35.1. The molecule has 0 bridgehead atoms. The molecule has 0 amide bonds. The summed E-state index contributed by atoms with van der Waals surface area (Å²) in [6, 6.07) is 115. The fraction of sp³-hybridized carbons (Fsp3) is 0.0667. The molecule has 0 aromatic heterocycles. The van der Waals surface area contributed by atoms with Crippen LogP contribution in [0.5, 0.6) is 0 Å².